The molecular weight excluding hydrogens is 512 g/mol. The summed E-state index contributed by atoms with van der Waals surface area (Å²) in [4.78, 5) is 6.95. The fraction of sp³-hybridized carbons (Fsp3) is 0.176. The van der Waals surface area contributed by atoms with Crippen molar-refractivity contribution in [1.82, 2.24) is 14.9 Å². The van der Waals surface area contributed by atoms with Crippen molar-refractivity contribution in [3.63, 3.8) is 0 Å². The Hall–Kier alpha value is -4.42. The molecule has 5 aromatic rings. The van der Waals surface area contributed by atoms with E-state index >= 15 is 0 Å². The Morgan fingerprint density at radius 3 is 2.27 bits per heavy atom. The molecule has 1 N–H and O–H groups in total. The second kappa shape index (κ2) is 11.0. The number of nitrogens with one attached hydrogen (secondary N) is 1. The number of benzene rings is 3. The highest BCUT2D eigenvalue weighted by Gasteiger charge is 2.42. The molecule has 0 spiro atoms. The Bertz CT molecular complexity index is 1630. The van der Waals surface area contributed by atoms with Gasteiger partial charge in [0.1, 0.15) is 11.5 Å². The van der Waals surface area contributed by atoms with Gasteiger partial charge in [0.25, 0.3) is 0 Å². The highest BCUT2D eigenvalue weighted by molar-refractivity contribution is 7.80. The maximum absolute atomic E-state index is 6.05. The first-order valence-corrected chi connectivity index (χ1v) is 14.1. The number of ether oxygens (including phenoxy) is 1. The third-order valence-corrected chi connectivity index (χ3v) is 7.91. The lowest BCUT2D eigenvalue weighted by Gasteiger charge is -2.28. The molecule has 5 nitrogen and oxygen atoms in total. The van der Waals surface area contributed by atoms with E-state index in [2.05, 4.69) is 84.1 Å². The van der Waals surface area contributed by atoms with Crippen LogP contribution in [0.1, 0.15) is 47.2 Å². The highest BCUT2D eigenvalue weighted by Crippen LogP contribution is 2.44. The molecule has 0 saturated carbocycles. The van der Waals surface area contributed by atoms with E-state index in [0.29, 0.717) is 5.11 Å². The molecule has 0 bridgehead atoms. The van der Waals surface area contributed by atoms with Crippen molar-refractivity contribution in [3.05, 3.63) is 138 Å². The maximum Gasteiger partial charge on any atom is 0.174 e. The zero-order valence-electron chi connectivity index (χ0n) is 22.9. The van der Waals surface area contributed by atoms with Gasteiger partial charge in [0.05, 0.1) is 17.8 Å². The Labute approximate surface area is 241 Å². The summed E-state index contributed by atoms with van der Waals surface area (Å²) < 4.78 is 8.43. The van der Waals surface area contributed by atoms with Gasteiger partial charge in [-0.15, -0.1) is 0 Å². The van der Waals surface area contributed by atoms with Gasteiger partial charge in [0.2, 0.25) is 0 Å². The van der Waals surface area contributed by atoms with Gasteiger partial charge in [0, 0.05) is 29.0 Å². The molecule has 0 radical (unpaired) electrons. The van der Waals surface area contributed by atoms with Gasteiger partial charge in [-0.2, -0.15) is 0 Å². The number of pyridine rings is 1. The normalized spacial score (nSPS) is 16.7. The molecule has 2 unspecified atom stereocenters. The average molecular weight is 545 g/mol. The van der Waals surface area contributed by atoms with E-state index in [1.165, 1.54) is 28.2 Å². The van der Waals surface area contributed by atoms with Crippen molar-refractivity contribution in [2.45, 2.75) is 39.3 Å². The Kier molecular flexibility index (Phi) is 7.10. The van der Waals surface area contributed by atoms with Crippen LogP contribution in [-0.4, -0.2) is 14.7 Å². The molecule has 1 fully saturated rings. The van der Waals surface area contributed by atoms with E-state index in [-0.39, 0.29) is 12.1 Å². The van der Waals surface area contributed by atoms with Crippen LogP contribution in [0.25, 0.3) is 5.69 Å². The molecule has 0 amide bonds. The van der Waals surface area contributed by atoms with Crippen LogP contribution in [0, 0.1) is 13.8 Å². The zero-order chi connectivity index (χ0) is 27.6. The molecule has 3 aromatic carbocycles. The summed E-state index contributed by atoms with van der Waals surface area (Å²) >= 11 is 5.98. The van der Waals surface area contributed by atoms with Gasteiger partial charge in [0.15, 0.2) is 5.11 Å². The van der Waals surface area contributed by atoms with Crippen LogP contribution in [0.2, 0.25) is 0 Å². The van der Waals surface area contributed by atoms with Crippen molar-refractivity contribution in [1.29, 1.82) is 0 Å². The zero-order valence-corrected chi connectivity index (χ0v) is 23.7. The monoisotopic (exact) mass is 544 g/mol. The van der Waals surface area contributed by atoms with Crippen molar-refractivity contribution in [2.24, 2.45) is 0 Å². The van der Waals surface area contributed by atoms with Gasteiger partial charge < -0.3 is 19.5 Å². The molecule has 200 valence electrons. The van der Waals surface area contributed by atoms with E-state index in [9.17, 15) is 0 Å². The Morgan fingerprint density at radius 1 is 0.850 bits per heavy atom. The summed E-state index contributed by atoms with van der Waals surface area (Å²) in [6.07, 6.45) is 2.81. The topological polar surface area (TPSA) is 42.3 Å². The molecule has 40 heavy (non-hydrogen) atoms. The Morgan fingerprint density at radius 2 is 1.55 bits per heavy atom. The number of para-hydroxylation sites is 2. The molecule has 6 heteroatoms. The standard InChI is InChI=1S/C34H32N4OS/c1-4-25-12-8-9-16-31(25)37-23(2)22-29(24(37)3)33-32(30-15-10-11-21-35-30)36-34(40)38(33)26-17-19-28(20-18-26)39-27-13-6-5-7-14-27/h5-22,32-33H,4H2,1-3H3,(H,36,40). The van der Waals surface area contributed by atoms with Gasteiger partial charge in [-0.25, -0.2) is 0 Å². The molecule has 1 saturated heterocycles. The van der Waals surface area contributed by atoms with Crippen LogP contribution in [0.3, 0.4) is 0 Å². The van der Waals surface area contributed by atoms with Gasteiger partial charge in [-0.05, 0) is 104 Å². The number of nitrogens with zero attached hydrogens (tertiary/aromatic N) is 3. The third kappa shape index (κ3) is 4.75. The lowest BCUT2D eigenvalue weighted by molar-refractivity contribution is 0.482. The number of hydrogen-bond donors (Lipinski definition) is 1. The van der Waals surface area contributed by atoms with Gasteiger partial charge in [-0.1, -0.05) is 49.4 Å². The number of anilines is 1. The van der Waals surface area contributed by atoms with Crippen molar-refractivity contribution in [2.75, 3.05) is 4.90 Å². The number of hydrogen-bond acceptors (Lipinski definition) is 3. The summed E-state index contributed by atoms with van der Waals surface area (Å²) in [6.45, 7) is 6.59. The van der Waals surface area contributed by atoms with Gasteiger partial charge in [-0.3, -0.25) is 4.98 Å². The molecule has 2 atom stereocenters. The Balaban J connectivity index is 1.43. The third-order valence-electron chi connectivity index (χ3n) is 7.59. The lowest BCUT2D eigenvalue weighted by atomic mass is 9.96. The average Bonchev–Trinajstić information content (AvgIpc) is 3.49. The van der Waals surface area contributed by atoms with Crippen LogP contribution in [0.4, 0.5) is 5.69 Å². The molecule has 0 aliphatic carbocycles. The van der Waals surface area contributed by atoms with E-state index in [1.807, 2.05) is 60.8 Å². The predicted octanol–water partition coefficient (Wildman–Crippen LogP) is 8.02. The van der Waals surface area contributed by atoms with E-state index in [4.69, 9.17) is 21.9 Å². The largest absolute Gasteiger partial charge is 0.457 e. The summed E-state index contributed by atoms with van der Waals surface area (Å²) in [5.41, 5.74) is 8.12. The number of rotatable bonds is 7. The summed E-state index contributed by atoms with van der Waals surface area (Å²) in [5.74, 6) is 1.58. The van der Waals surface area contributed by atoms with Crippen molar-refractivity contribution >= 4 is 23.0 Å². The first-order valence-electron chi connectivity index (χ1n) is 13.7. The molecule has 2 aromatic heterocycles. The molecule has 1 aliphatic heterocycles. The van der Waals surface area contributed by atoms with Crippen LogP contribution in [0.15, 0.2) is 109 Å². The SMILES string of the molecule is CCc1ccccc1-n1c(C)cc(C2C(c3ccccn3)NC(=S)N2c2ccc(Oc3ccccc3)cc2)c1C. The van der Waals surface area contributed by atoms with E-state index in [0.717, 1.165) is 29.3 Å². The molecule has 1 aliphatic rings. The van der Waals surface area contributed by atoms with Gasteiger partial charge >= 0.3 is 0 Å². The highest BCUT2D eigenvalue weighted by atomic mass is 32.1. The first kappa shape index (κ1) is 25.8. The van der Waals surface area contributed by atoms with Crippen molar-refractivity contribution in [3.8, 4) is 17.2 Å². The van der Waals surface area contributed by atoms with Crippen LogP contribution < -0.4 is 15.0 Å². The molecule has 3 heterocycles. The maximum atomic E-state index is 6.05. The summed E-state index contributed by atoms with van der Waals surface area (Å²) in [6, 6.07) is 34.8. The predicted molar refractivity (Wildman–Crippen MR) is 166 cm³/mol. The molecule has 6 rings (SSSR count). The fourth-order valence-electron chi connectivity index (χ4n) is 5.73. The smallest absolute Gasteiger partial charge is 0.174 e. The summed E-state index contributed by atoms with van der Waals surface area (Å²) in [5, 5.41) is 4.27. The lowest BCUT2D eigenvalue weighted by Crippen LogP contribution is -2.29. The second-order valence-electron chi connectivity index (χ2n) is 10.0. The van der Waals surface area contributed by atoms with Crippen LogP contribution in [0.5, 0.6) is 11.5 Å². The van der Waals surface area contributed by atoms with Crippen molar-refractivity contribution < 1.29 is 4.74 Å². The minimum atomic E-state index is -0.107. The first-order chi connectivity index (χ1) is 19.5. The quantitative estimate of drug-likeness (QED) is 0.210. The second-order valence-corrected chi connectivity index (χ2v) is 10.4. The number of aryl methyl sites for hydroxylation is 2. The van der Waals surface area contributed by atoms with E-state index < -0.39 is 0 Å². The minimum absolute atomic E-state index is 0.0861. The number of thiocarbonyl (C=S) groups is 1. The molecular formula is C34H32N4OS. The van der Waals surface area contributed by atoms with Crippen LogP contribution >= 0.6 is 12.2 Å². The summed E-state index contributed by atoms with van der Waals surface area (Å²) in [7, 11) is 0. The number of aromatic nitrogens is 2. The fourth-order valence-corrected chi connectivity index (χ4v) is 6.08. The van der Waals surface area contributed by atoms with Crippen LogP contribution in [-0.2, 0) is 6.42 Å². The minimum Gasteiger partial charge on any atom is -0.457 e. The van der Waals surface area contributed by atoms with E-state index in [1.54, 1.807) is 0 Å².